The van der Waals surface area contributed by atoms with Gasteiger partial charge in [-0.15, -0.1) is 0 Å². The first kappa shape index (κ1) is 21.2. The second-order valence-corrected chi connectivity index (χ2v) is 8.22. The maximum absolute atomic E-state index is 13.9. The fourth-order valence-corrected chi connectivity index (χ4v) is 4.38. The molecule has 31 heavy (non-hydrogen) atoms. The molecule has 4 rings (SSSR count). The van der Waals surface area contributed by atoms with Crippen molar-refractivity contribution < 1.29 is 13.6 Å². The van der Waals surface area contributed by atoms with E-state index in [0.717, 1.165) is 36.9 Å². The van der Waals surface area contributed by atoms with Gasteiger partial charge in [0.25, 0.3) is 0 Å². The summed E-state index contributed by atoms with van der Waals surface area (Å²) in [7, 11) is 0. The maximum Gasteiger partial charge on any atom is 0.243 e. The van der Waals surface area contributed by atoms with Gasteiger partial charge in [-0.2, -0.15) is 0 Å². The van der Waals surface area contributed by atoms with Crippen molar-refractivity contribution in [2.75, 3.05) is 13.1 Å². The second-order valence-electron chi connectivity index (χ2n) is 8.22. The van der Waals surface area contributed by atoms with E-state index in [1.54, 1.807) is 18.2 Å². The molecule has 160 valence electrons. The molecule has 0 saturated heterocycles. The van der Waals surface area contributed by atoms with E-state index < -0.39 is 5.41 Å². The molecule has 0 bridgehead atoms. The molecule has 0 radical (unpaired) electrons. The molecule has 2 aliphatic rings. The van der Waals surface area contributed by atoms with E-state index in [2.05, 4.69) is 16.4 Å². The fraction of sp³-hybridized carbons (Fsp3) is 0.308. The molecule has 1 fully saturated rings. The predicted molar refractivity (Wildman–Crippen MR) is 119 cm³/mol. The monoisotopic (exact) mass is 420 g/mol. The molecule has 1 amide bonds. The van der Waals surface area contributed by atoms with Gasteiger partial charge in [-0.25, -0.2) is 8.78 Å². The number of hydrogen-bond acceptors (Lipinski definition) is 2. The van der Waals surface area contributed by atoms with Crippen molar-refractivity contribution in [2.24, 2.45) is 10.9 Å². The van der Waals surface area contributed by atoms with Gasteiger partial charge < -0.3 is 5.32 Å². The van der Waals surface area contributed by atoms with E-state index in [0.29, 0.717) is 13.0 Å². The highest BCUT2D eigenvalue weighted by Crippen LogP contribution is 2.59. The third-order valence-electron chi connectivity index (χ3n) is 6.11. The van der Waals surface area contributed by atoms with Crippen molar-refractivity contribution in [2.45, 2.75) is 31.1 Å². The Morgan fingerprint density at radius 3 is 2.42 bits per heavy atom. The van der Waals surface area contributed by atoms with Gasteiger partial charge in [-0.1, -0.05) is 30.3 Å². The number of carbonyl (C=O) groups excluding carboxylic acids is 1. The van der Waals surface area contributed by atoms with Crippen molar-refractivity contribution in [3.05, 3.63) is 95.1 Å². The standard InChI is InChI=1S/C26H26F2N2O/c27-23-8-3-6-20(15-23)26(21-7-4-9-24(28)16-21)17-22(26)10-11-25(31)30-13-2-1-5-19-12-14-29-18-19/h3-4,6-12,14-16,22H,1-2,5,13,17-18H2,(H,30,31)/t22-/m1/s1. The number of nitrogens with zero attached hydrogens (tertiary/aromatic N) is 1. The lowest BCUT2D eigenvalue weighted by Gasteiger charge is -2.18. The second kappa shape index (κ2) is 9.38. The minimum absolute atomic E-state index is 0.0103. The number of aliphatic imine (C=N–C) groups is 1. The Kier molecular flexibility index (Phi) is 6.40. The van der Waals surface area contributed by atoms with Crippen molar-refractivity contribution in [1.29, 1.82) is 0 Å². The summed E-state index contributed by atoms with van der Waals surface area (Å²) >= 11 is 0. The van der Waals surface area contributed by atoms with Crippen molar-refractivity contribution >= 4 is 12.1 Å². The SMILES string of the molecule is O=C(C=C[C@@H]1CC1(c1cccc(F)c1)c1cccc(F)c1)NCCCCC1=CC=NC1. The van der Waals surface area contributed by atoms with Crippen LogP contribution in [0.4, 0.5) is 8.78 Å². The van der Waals surface area contributed by atoms with Crippen LogP contribution >= 0.6 is 0 Å². The van der Waals surface area contributed by atoms with E-state index in [4.69, 9.17) is 0 Å². The number of nitrogens with one attached hydrogen (secondary N) is 1. The summed E-state index contributed by atoms with van der Waals surface area (Å²) in [6, 6.07) is 12.9. The number of rotatable bonds is 9. The fourth-order valence-electron chi connectivity index (χ4n) is 4.38. The summed E-state index contributed by atoms with van der Waals surface area (Å²) in [5, 5.41) is 2.92. The van der Waals surface area contributed by atoms with Crippen LogP contribution in [0, 0.1) is 17.6 Å². The van der Waals surface area contributed by atoms with Crippen LogP contribution < -0.4 is 5.32 Å². The van der Waals surface area contributed by atoms with Crippen molar-refractivity contribution in [3.8, 4) is 0 Å². The molecule has 0 aromatic heterocycles. The molecule has 5 heteroatoms. The van der Waals surface area contributed by atoms with E-state index >= 15 is 0 Å². The Bertz CT molecular complexity index is 996. The molecule has 3 nitrogen and oxygen atoms in total. The molecule has 2 aromatic rings. The van der Waals surface area contributed by atoms with E-state index in [9.17, 15) is 13.6 Å². The zero-order chi connectivity index (χ0) is 21.7. The van der Waals surface area contributed by atoms with Gasteiger partial charge in [-0.3, -0.25) is 9.79 Å². The summed E-state index contributed by atoms with van der Waals surface area (Å²) < 4.78 is 27.8. The quantitative estimate of drug-likeness (QED) is 0.444. The van der Waals surface area contributed by atoms with Gasteiger partial charge in [0.2, 0.25) is 5.91 Å². The highest BCUT2D eigenvalue weighted by Gasteiger charge is 2.55. The normalized spacial score (nSPS) is 18.9. The van der Waals surface area contributed by atoms with Crippen LogP contribution in [0.5, 0.6) is 0 Å². The molecular weight excluding hydrogens is 394 g/mol. The Morgan fingerprint density at radius 1 is 1.10 bits per heavy atom. The summed E-state index contributed by atoms with van der Waals surface area (Å²) in [6.45, 7) is 1.43. The smallest absolute Gasteiger partial charge is 0.243 e. The largest absolute Gasteiger partial charge is 0.353 e. The minimum atomic E-state index is -0.502. The number of allylic oxidation sites excluding steroid dienone is 2. The molecule has 1 N–H and O–H groups in total. The summed E-state index contributed by atoms with van der Waals surface area (Å²) in [5.41, 5.74) is 2.45. The Balaban J connectivity index is 1.36. The highest BCUT2D eigenvalue weighted by atomic mass is 19.1. The molecular formula is C26H26F2N2O. The summed E-state index contributed by atoms with van der Waals surface area (Å²) in [6.07, 6.45) is 11.0. The van der Waals surface area contributed by atoms with Crippen LogP contribution in [0.1, 0.15) is 36.8 Å². The first-order valence-corrected chi connectivity index (χ1v) is 10.7. The third-order valence-corrected chi connectivity index (χ3v) is 6.11. The zero-order valence-electron chi connectivity index (χ0n) is 17.4. The minimum Gasteiger partial charge on any atom is -0.353 e. The number of unbranched alkanes of at least 4 members (excludes halogenated alkanes) is 1. The predicted octanol–water partition coefficient (Wildman–Crippen LogP) is 5.12. The lowest BCUT2D eigenvalue weighted by molar-refractivity contribution is -0.116. The van der Waals surface area contributed by atoms with Crippen LogP contribution in [0.15, 0.2) is 77.3 Å². The molecule has 0 spiro atoms. The topological polar surface area (TPSA) is 41.5 Å². The number of benzene rings is 2. The number of halogens is 2. The summed E-state index contributed by atoms with van der Waals surface area (Å²) in [4.78, 5) is 16.4. The number of amides is 1. The molecule has 2 aromatic carbocycles. The van der Waals surface area contributed by atoms with Crippen LogP contribution in [-0.2, 0) is 10.2 Å². The van der Waals surface area contributed by atoms with E-state index in [-0.39, 0.29) is 23.5 Å². The highest BCUT2D eigenvalue weighted by molar-refractivity contribution is 5.87. The molecule has 1 aliphatic carbocycles. The van der Waals surface area contributed by atoms with Crippen LogP contribution in [0.3, 0.4) is 0 Å². The molecule has 0 unspecified atom stereocenters. The average molecular weight is 421 g/mol. The number of hydrogen-bond donors (Lipinski definition) is 1. The lowest BCUT2D eigenvalue weighted by atomic mass is 9.85. The summed E-state index contributed by atoms with van der Waals surface area (Å²) in [5.74, 6) is -0.764. The first-order chi connectivity index (χ1) is 15.1. The first-order valence-electron chi connectivity index (χ1n) is 10.7. The van der Waals surface area contributed by atoms with Gasteiger partial charge in [0, 0.05) is 18.2 Å². The molecule has 1 aliphatic heterocycles. The third kappa shape index (κ3) is 4.98. The number of carbonyl (C=O) groups is 1. The molecule has 1 heterocycles. The van der Waals surface area contributed by atoms with Gasteiger partial charge >= 0.3 is 0 Å². The molecule has 1 atom stereocenters. The van der Waals surface area contributed by atoms with Gasteiger partial charge in [0.1, 0.15) is 11.6 Å². The van der Waals surface area contributed by atoms with Crippen molar-refractivity contribution in [1.82, 2.24) is 5.32 Å². The Hall–Kier alpha value is -3.08. The zero-order valence-corrected chi connectivity index (χ0v) is 17.4. The molecule has 1 saturated carbocycles. The van der Waals surface area contributed by atoms with Gasteiger partial charge in [0.15, 0.2) is 0 Å². The van der Waals surface area contributed by atoms with Crippen molar-refractivity contribution in [3.63, 3.8) is 0 Å². The van der Waals surface area contributed by atoms with E-state index in [1.165, 1.54) is 29.8 Å². The lowest BCUT2D eigenvalue weighted by Crippen LogP contribution is -2.22. The Labute approximate surface area is 181 Å². The van der Waals surface area contributed by atoms with Crippen LogP contribution in [0.2, 0.25) is 0 Å². The average Bonchev–Trinajstić information content (AvgIpc) is 3.27. The van der Waals surface area contributed by atoms with Gasteiger partial charge in [0.05, 0.1) is 6.54 Å². The van der Waals surface area contributed by atoms with Crippen LogP contribution in [0.25, 0.3) is 0 Å². The van der Waals surface area contributed by atoms with E-state index in [1.807, 2.05) is 24.4 Å². The Morgan fingerprint density at radius 2 is 1.81 bits per heavy atom. The van der Waals surface area contributed by atoms with Gasteiger partial charge in [-0.05, 0) is 84.7 Å². The van der Waals surface area contributed by atoms with Crippen LogP contribution in [-0.4, -0.2) is 25.2 Å². The maximum atomic E-state index is 13.9.